The maximum absolute atomic E-state index is 12.0. The Morgan fingerprint density at radius 2 is 1.86 bits per heavy atom. The average molecular weight is 379 g/mol. The van der Waals surface area contributed by atoms with E-state index in [0.717, 1.165) is 23.3 Å². The third kappa shape index (κ3) is 4.56. The maximum atomic E-state index is 12.0. The molecule has 28 heavy (non-hydrogen) atoms. The minimum atomic E-state index is -0.416. The van der Waals surface area contributed by atoms with Crippen molar-refractivity contribution < 1.29 is 9.53 Å². The molecule has 1 saturated carbocycles. The van der Waals surface area contributed by atoms with Gasteiger partial charge in [-0.2, -0.15) is 0 Å². The lowest BCUT2D eigenvalue weighted by Crippen LogP contribution is -2.35. The Bertz CT molecular complexity index is 775. The number of hydrogen-bond acceptors (Lipinski definition) is 3. The van der Waals surface area contributed by atoms with Crippen LogP contribution in [-0.4, -0.2) is 29.6 Å². The van der Waals surface area contributed by atoms with Crippen LogP contribution >= 0.6 is 0 Å². The Kier molecular flexibility index (Phi) is 5.96. The molecule has 2 fully saturated rings. The summed E-state index contributed by atoms with van der Waals surface area (Å²) in [6, 6.07) is 19.5. The van der Waals surface area contributed by atoms with Gasteiger partial charge in [-0.25, -0.2) is 4.79 Å². The van der Waals surface area contributed by atoms with Gasteiger partial charge < -0.3 is 4.74 Å². The summed E-state index contributed by atoms with van der Waals surface area (Å²) in [5.41, 5.74) is 3.15. The Morgan fingerprint density at radius 1 is 1.07 bits per heavy atom. The van der Waals surface area contributed by atoms with E-state index in [1.165, 1.54) is 44.2 Å². The highest BCUT2D eigenvalue weighted by Gasteiger charge is 2.34. The van der Waals surface area contributed by atoms with Crippen molar-refractivity contribution in [3.8, 4) is 0 Å². The molecule has 4 rings (SSSR count). The van der Waals surface area contributed by atoms with E-state index in [1.807, 2.05) is 42.5 Å². The molecule has 0 spiro atoms. The van der Waals surface area contributed by atoms with Gasteiger partial charge in [0.15, 0.2) is 0 Å². The SMILES string of the molecule is C[C@H]1CCCN1[C@H]1CC[C@H](c2ccc(NC(=O)OCc3ccccc3)cc2)C1. The van der Waals surface area contributed by atoms with E-state index in [1.54, 1.807) is 0 Å². The first-order valence-electron chi connectivity index (χ1n) is 10.5. The zero-order valence-electron chi connectivity index (χ0n) is 16.6. The second kappa shape index (κ2) is 8.78. The molecule has 2 aliphatic rings. The van der Waals surface area contributed by atoms with E-state index >= 15 is 0 Å². The average Bonchev–Trinajstić information content (AvgIpc) is 3.37. The van der Waals surface area contributed by atoms with Gasteiger partial charge in [0.2, 0.25) is 0 Å². The number of anilines is 1. The van der Waals surface area contributed by atoms with Crippen LogP contribution in [0.25, 0.3) is 0 Å². The van der Waals surface area contributed by atoms with Crippen molar-refractivity contribution in [1.82, 2.24) is 4.90 Å². The van der Waals surface area contributed by atoms with Gasteiger partial charge in [-0.1, -0.05) is 42.5 Å². The molecule has 148 valence electrons. The van der Waals surface area contributed by atoms with E-state index in [9.17, 15) is 4.79 Å². The molecule has 1 amide bonds. The second-order valence-electron chi connectivity index (χ2n) is 8.20. The summed E-state index contributed by atoms with van der Waals surface area (Å²) < 4.78 is 5.29. The van der Waals surface area contributed by atoms with E-state index < -0.39 is 6.09 Å². The molecule has 4 nitrogen and oxygen atoms in total. The fraction of sp³-hybridized carbons (Fsp3) is 0.458. The quantitative estimate of drug-likeness (QED) is 0.741. The molecule has 1 N–H and O–H groups in total. The monoisotopic (exact) mass is 378 g/mol. The van der Waals surface area contributed by atoms with Crippen LogP contribution in [0.2, 0.25) is 0 Å². The number of likely N-dealkylation sites (tertiary alicyclic amines) is 1. The van der Waals surface area contributed by atoms with Crippen molar-refractivity contribution in [2.75, 3.05) is 11.9 Å². The number of amides is 1. The standard InChI is InChI=1S/C24H30N2O2/c1-18-6-5-15-26(18)23-14-11-21(16-23)20-9-12-22(13-10-20)25-24(27)28-17-19-7-3-2-4-8-19/h2-4,7-10,12-13,18,21,23H,5-6,11,14-17H2,1H3,(H,25,27)/t18-,21-,23-/m0/s1. The molecule has 0 unspecified atom stereocenters. The fourth-order valence-electron chi connectivity index (χ4n) is 4.78. The molecule has 1 heterocycles. The Morgan fingerprint density at radius 3 is 2.57 bits per heavy atom. The molecule has 1 aliphatic heterocycles. The highest BCUT2D eigenvalue weighted by atomic mass is 16.5. The molecule has 0 aromatic heterocycles. The number of benzene rings is 2. The van der Waals surface area contributed by atoms with Gasteiger partial charge in [0.25, 0.3) is 0 Å². The van der Waals surface area contributed by atoms with Crippen LogP contribution < -0.4 is 5.32 Å². The Labute approximate surface area is 167 Å². The van der Waals surface area contributed by atoms with Crippen LogP contribution in [0.3, 0.4) is 0 Å². The van der Waals surface area contributed by atoms with E-state index in [0.29, 0.717) is 5.92 Å². The summed E-state index contributed by atoms with van der Waals surface area (Å²) in [7, 11) is 0. The molecule has 1 aliphatic carbocycles. The second-order valence-corrected chi connectivity index (χ2v) is 8.20. The first-order chi connectivity index (χ1) is 13.7. The van der Waals surface area contributed by atoms with Gasteiger partial charge in [0.05, 0.1) is 0 Å². The number of nitrogens with zero attached hydrogens (tertiary/aromatic N) is 1. The van der Waals surface area contributed by atoms with Gasteiger partial charge in [0, 0.05) is 17.8 Å². The zero-order valence-corrected chi connectivity index (χ0v) is 16.6. The summed E-state index contributed by atoms with van der Waals surface area (Å²) in [5, 5.41) is 2.82. The van der Waals surface area contributed by atoms with Gasteiger partial charge in [0.1, 0.15) is 6.61 Å². The topological polar surface area (TPSA) is 41.6 Å². The Balaban J connectivity index is 1.27. The van der Waals surface area contributed by atoms with Crippen molar-refractivity contribution >= 4 is 11.8 Å². The number of ether oxygens (including phenoxy) is 1. The summed E-state index contributed by atoms with van der Waals surface area (Å²) in [4.78, 5) is 14.7. The van der Waals surface area contributed by atoms with Crippen LogP contribution in [0.1, 0.15) is 56.1 Å². The predicted octanol–water partition coefficient (Wildman–Crippen LogP) is 5.56. The number of hydrogen-bond donors (Lipinski definition) is 1. The summed E-state index contributed by atoms with van der Waals surface area (Å²) >= 11 is 0. The third-order valence-electron chi connectivity index (χ3n) is 6.32. The van der Waals surface area contributed by atoms with E-state index in [-0.39, 0.29) is 6.61 Å². The summed E-state index contributed by atoms with van der Waals surface area (Å²) in [5.74, 6) is 0.636. The lowest BCUT2D eigenvalue weighted by molar-refractivity contribution is 0.155. The third-order valence-corrected chi connectivity index (χ3v) is 6.32. The summed E-state index contributed by atoms with van der Waals surface area (Å²) in [6.07, 6.45) is 6.11. The number of nitrogens with one attached hydrogen (secondary N) is 1. The van der Waals surface area contributed by atoms with Crippen LogP contribution in [0.5, 0.6) is 0 Å². The number of rotatable bonds is 5. The molecule has 2 aromatic rings. The minimum Gasteiger partial charge on any atom is -0.444 e. The smallest absolute Gasteiger partial charge is 0.411 e. The van der Waals surface area contributed by atoms with Crippen molar-refractivity contribution in [2.24, 2.45) is 0 Å². The fourth-order valence-corrected chi connectivity index (χ4v) is 4.78. The molecular formula is C24H30N2O2. The molecule has 1 saturated heterocycles. The van der Waals surface area contributed by atoms with Gasteiger partial charge >= 0.3 is 6.09 Å². The van der Waals surface area contributed by atoms with Crippen LogP contribution in [0.4, 0.5) is 10.5 Å². The Hall–Kier alpha value is -2.33. The van der Waals surface area contributed by atoms with E-state index in [4.69, 9.17) is 4.74 Å². The van der Waals surface area contributed by atoms with Crippen LogP contribution in [0.15, 0.2) is 54.6 Å². The van der Waals surface area contributed by atoms with Crippen molar-refractivity contribution in [1.29, 1.82) is 0 Å². The number of carbonyl (C=O) groups excluding carboxylic acids is 1. The maximum Gasteiger partial charge on any atom is 0.411 e. The first kappa shape index (κ1) is 19.0. The predicted molar refractivity (Wildman–Crippen MR) is 112 cm³/mol. The normalized spacial score (nSPS) is 25.0. The molecule has 2 aromatic carbocycles. The number of carbonyl (C=O) groups is 1. The highest BCUT2D eigenvalue weighted by Crippen LogP contribution is 2.39. The first-order valence-corrected chi connectivity index (χ1v) is 10.5. The van der Waals surface area contributed by atoms with Crippen LogP contribution in [-0.2, 0) is 11.3 Å². The molecular weight excluding hydrogens is 348 g/mol. The minimum absolute atomic E-state index is 0.281. The largest absolute Gasteiger partial charge is 0.444 e. The van der Waals surface area contributed by atoms with Gasteiger partial charge in [-0.3, -0.25) is 10.2 Å². The lowest BCUT2D eigenvalue weighted by atomic mass is 9.97. The molecule has 3 atom stereocenters. The van der Waals surface area contributed by atoms with Crippen LogP contribution in [0, 0.1) is 0 Å². The highest BCUT2D eigenvalue weighted by molar-refractivity contribution is 5.84. The zero-order chi connectivity index (χ0) is 19.3. The molecule has 0 bridgehead atoms. The van der Waals surface area contributed by atoms with Crippen molar-refractivity contribution in [3.63, 3.8) is 0 Å². The van der Waals surface area contributed by atoms with E-state index in [2.05, 4.69) is 29.3 Å². The molecule has 4 heteroatoms. The van der Waals surface area contributed by atoms with Crippen molar-refractivity contribution in [2.45, 2.75) is 63.6 Å². The van der Waals surface area contributed by atoms with Crippen molar-refractivity contribution in [3.05, 3.63) is 65.7 Å². The van der Waals surface area contributed by atoms with Gasteiger partial charge in [-0.05, 0) is 74.8 Å². The summed E-state index contributed by atoms with van der Waals surface area (Å²) in [6.45, 7) is 3.92. The van der Waals surface area contributed by atoms with Gasteiger partial charge in [-0.15, -0.1) is 0 Å². The molecule has 0 radical (unpaired) electrons. The lowest BCUT2D eigenvalue weighted by Gasteiger charge is -2.28.